The van der Waals surface area contributed by atoms with Gasteiger partial charge in [0.1, 0.15) is 17.5 Å². The highest BCUT2D eigenvalue weighted by Crippen LogP contribution is 2.31. The number of carbonyl (C=O) groups is 1. The molecule has 2 aromatic carbocycles. The standard InChI is InChI=1S/C25H18F9N7O6S2/c26-23(27,28)18-20(43)41-21(37-36-18)48-22(38-41)39-9-10-40(49(44,45)16-7-5-15(6-8-16)47-25(32,33)34)17(12-39)19(42)35-11-13-1-3-14(4-2-13)46-24(29,30)31/h1-8,17H,9-12H2,(H,35,42)/t17-/m1/s1. The third-order valence-electron chi connectivity index (χ3n) is 6.64. The van der Waals surface area contributed by atoms with Gasteiger partial charge >= 0.3 is 24.5 Å². The van der Waals surface area contributed by atoms with Crippen molar-refractivity contribution in [2.45, 2.75) is 36.4 Å². The van der Waals surface area contributed by atoms with Gasteiger partial charge in [-0.2, -0.15) is 22.0 Å². The Bertz CT molecular complexity index is 2000. The first-order valence-electron chi connectivity index (χ1n) is 13.3. The quantitative estimate of drug-likeness (QED) is 0.266. The van der Waals surface area contributed by atoms with E-state index in [4.69, 9.17) is 0 Å². The fourth-order valence-electron chi connectivity index (χ4n) is 4.52. The molecule has 3 heterocycles. The molecular weight excluding hydrogens is 729 g/mol. The average Bonchev–Trinajstić information content (AvgIpc) is 3.44. The van der Waals surface area contributed by atoms with E-state index in [2.05, 4.69) is 30.1 Å². The molecule has 24 heteroatoms. The number of nitrogens with zero attached hydrogens (tertiary/aromatic N) is 6. The number of rotatable bonds is 8. The lowest BCUT2D eigenvalue weighted by Crippen LogP contribution is -2.60. The molecule has 5 rings (SSSR count). The molecule has 13 nitrogen and oxygen atoms in total. The lowest BCUT2D eigenvalue weighted by atomic mass is 10.2. The zero-order valence-electron chi connectivity index (χ0n) is 23.9. The molecule has 0 radical (unpaired) electrons. The van der Waals surface area contributed by atoms with E-state index < -0.39 is 81.6 Å². The van der Waals surface area contributed by atoms with Crippen molar-refractivity contribution < 1.29 is 62.2 Å². The molecule has 1 saturated heterocycles. The maximum Gasteiger partial charge on any atom is 0.573 e. The minimum atomic E-state index is -5.14. The summed E-state index contributed by atoms with van der Waals surface area (Å²) in [7, 11) is -4.62. The number of ether oxygens (including phenoxy) is 2. The Hall–Kier alpha value is -4.71. The number of amides is 1. The van der Waals surface area contributed by atoms with Crippen LogP contribution in [0.4, 0.5) is 44.6 Å². The first-order valence-corrected chi connectivity index (χ1v) is 15.6. The third kappa shape index (κ3) is 8.30. The highest BCUT2D eigenvalue weighted by molar-refractivity contribution is 7.89. The predicted octanol–water partition coefficient (Wildman–Crippen LogP) is 3.56. The van der Waals surface area contributed by atoms with Gasteiger partial charge in [0, 0.05) is 26.2 Å². The molecule has 0 saturated carbocycles. The number of hydrogen-bond donors (Lipinski definition) is 1. The minimum absolute atomic E-state index is 0.130. The van der Waals surface area contributed by atoms with Crippen molar-refractivity contribution >= 4 is 37.4 Å². The van der Waals surface area contributed by atoms with Gasteiger partial charge in [-0.25, -0.2) is 8.42 Å². The van der Waals surface area contributed by atoms with E-state index >= 15 is 0 Å². The molecule has 1 amide bonds. The third-order valence-corrected chi connectivity index (χ3v) is 9.52. The summed E-state index contributed by atoms with van der Waals surface area (Å²) in [6, 6.07) is 5.85. The van der Waals surface area contributed by atoms with Crippen LogP contribution in [-0.2, 0) is 27.5 Å². The van der Waals surface area contributed by atoms with Crippen LogP contribution in [0.25, 0.3) is 4.96 Å². The number of anilines is 1. The molecule has 2 aromatic heterocycles. The van der Waals surface area contributed by atoms with Crippen molar-refractivity contribution in [3.05, 3.63) is 70.1 Å². The Balaban J connectivity index is 1.42. The van der Waals surface area contributed by atoms with Crippen molar-refractivity contribution in [1.29, 1.82) is 0 Å². The van der Waals surface area contributed by atoms with Crippen LogP contribution < -0.4 is 25.2 Å². The van der Waals surface area contributed by atoms with Crippen LogP contribution in [0, 0.1) is 0 Å². The van der Waals surface area contributed by atoms with Crippen LogP contribution in [0.5, 0.6) is 11.5 Å². The molecule has 1 fully saturated rings. The normalized spacial score (nSPS) is 16.5. The van der Waals surface area contributed by atoms with E-state index in [1.165, 1.54) is 17.0 Å². The number of sulfonamides is 1. The van der Waals surface area contributed by atoms with Gasteiger partial charge in [0.15, 0.2) is 0 Å². The molecule has 1 N–H and O–H groups in total. The smallest absolute Gasteiger partial charge is 0.406 e. The molecule has 0 unspecified atom stereocenters. The number of alkyl halides is 9. The Labute approximate surface area is 271 Å². The summed E-state index contributed by atoms with van der Waals surface area (Å²) in [6.07, 6.45) is -15.1. The number of carbonyl (C=O) groups excluding carboxylic acids is 1. The number of fused-ring (bicyclic) bond motifs is 1. The molecule has 0 aliphatic carbocycles. The Morgan fingerprint density at radius 3 is 2.00 bits per heavy atom. The lowest BCUT2D eigenvalue weighted by Gasteiger charge is -2.39. The highest BCUT2D eigenvalue weighted by Gasteiger charge is 2.42. The molecule has 49 heavy (non-hydrogen) atoms. The van der Waals surface area contributed by atoms with Crippen molar-refractivity contribution in [1.82, 2.24) is 29.4 Å². The number of piperazine rings is 1. The molecule has 1 aliphatic rings. The van der Waals surface area contributed by atoms with Gasteiger partial charge in [-0.1, -0.05) is 23.5 Å². The summed E-state index contributed by atoms with van der Waals surface area (Å²) in [5.41, 5.74) is -3.19. The Morgan fingerprint density at radius 1 is 0.878 bits per heavy atom. The van der Waals surface area contributed by atoms with Gasteiger partial charge in [0.25, 0.3) is 0 Å². The second kappa shape index (κ2) is 13.0. The first-order chi connectivity index (χ1) is 22.7. The van der Waals surface area contributed by atoms with Gasteiger partial charge in [-0.15, -0.1) is 41.6 Å². The Kier molecular flexibility index (Phi) is 9.41. The molecule has 4 aromatic rings. The summed E-state index contributed by atoms with van der Waals surface area (Å²) < 4.78 is 151. The minimum Gasteiger partial charge on any atom is -0.406 e. The number of aromatic nitrogens is 4. The number of halogens is 9. The van der Waals surface area contributed by atoms with Crippen LogP contribution in [0.15, 0.2) is 58.2 Å². The zero-order valence-corrected chi connectivity index (χ0v) is 25.5. The van der Waals surface area contributed by atoms with Crippen LogP contribution in [0.2, 0.25) is 0 Å². The van der Waals surface area contributed by atoms with Gasteiger partial charge in [-0.05, 0) is 42.0 Å². The van der Waals surface area contributed by atoms with Crippen molar-refractivity contribution in [2.24, 2.45) is 0 Å². The summed E-state index contributed by atoms with van der Waals surface area (Å²) in [4.78, 5) is 26.3. The highest BCUT2D eigenvalue weighted by atomic mass is 32.2. The van der Waals surface area contributed by atoms with Crippen molar-refractivity contribution in [2.75, 3.05) is 24.5 Å². The molecule has 0 spiro atoms. The van der Waals surface area contributed by atoms with Crippen LogP contribution in [-0.4, -0.2) is 76.8 Å². The van der Waals surface area contributed by atoms with Gasteiger partial charge in [0.05, 0.1) is 4.90 Å². The molecule has 1 atom stereocenters. The summed E-state index contributed by atoms with van der Waals surface area (Å²) in [6.45, 7) is -1.50. The molecule has 0 bridgehead atoms. The zero-order chi connectivity index (χ0) is 35.9. The van der Waals surface area contributed by atoms with E-state index in [9.17, 15) is 57.5 Å². The monoisotopic (exact) mass is 747 g/mol. The molecule has 264 valence electrons. The van der Waals surface area contributed by atoms with Gasteiger partial charge in [0.2, 0.25) is 31.7 Å². The first kappa shape index (κ1) is 35.6. The van der Waals surface area contributed by atoms with E-state index in [0.717, 1.165) is 40.7 Å². The maximum absolute atomic E-state index is 13.7. The predicted molar refractivity (Wildman–Crippen MR) is 148 cm³/mol. The maximum atomic E-state index is 13.7. The second-order valence-corrected chi connectivity index (χ2v) is 12.8. The largest absolute Gasteiger partial charge is 0.573 e. The van der Waals surface area contributed by atoms with E-state index in [1.807, 2.05) is 0 Å². The summed E-state index contributed by atoms with van der Waals surface area (Å²) in [5.74, 6) is -2.21. The lowest BCUT2D eigenvalue weighted by molar-refractivity contribution is -0.275. The fourth-order valence-corrected chi connectivity index (χ4v) is 6.96. The van der Waals surface area contributed by atoms with E-state index in [1.54, 1.807) is 0 Å². The van der Waals surface area contributed by atoms with Gasteiger partial charge < -0.3 is 19.7 Å². The molecular formula is C25H18F9N7O6S2. The van der Waals surface area contributed by atoms with E-state index in [0.29, 0.717) is 15.9 Å². The SMILES string of the molecule is O=C(NCc1ccc(OC(F)(F)F)cc1)[C@H]1CN(c2nn3c(=O)c(C(F)(F)F)nnc3s2)CCN1S(=O)(=O)c1ccc(OC(F)(F)F)cc1. The van der Waals surface area contributed by atoms with Crippen LogP contribution in [0.3, 0.4) is 0 Å². The van der Waals surface area contributed by atoms with Gasteiger partial charge in [-0.3, -0.25) is 9.59 Å². The van der Waals surface area contributed by atoms with Crippen molar-refractivity contribution in [3.8, 4) is 11.5 Å². The van der Waals surface area contributed by atoms with Crippen LogP contribution in [0.1, 0.15) is 11.3 Å². The number of nitrogens with one attached hydrogen (secondary N) is 1. The Morgan fingerprint density at radius 2 is 1.45 bits per heavy atom. The number of benzene rings is 2. The average molecular weight is 748 g/mol. The molecule has 1 aliphatic heterocycles. The number of hydrogen-bond acceptors (Lipinski definition) is 11. The fraction of sp³-hybridized carbons (Fsp3) is 0.320. The summed E-state index contributed by atoms with van der Waals surface area (Å²) >= 11 is 0.617. The second-order valence-electron chi connectivity index (χ2n) is 9.94. The van der Waals surface area contributed by atoms with Crippen LogP contribution >= 0.6 is 11.3 Å². The van der Waals surface area contributed by atoms with E-state index in [-0.39, 0.29) is 28.7 Å². The topological polar surface area (TPSA) is 148 Å². The summed E-state index contributed by atoms with van der Waals surface area (Å²) in [5, 5.41) is 12.5. The van der Waals surface area contributed by atoms with Crippen molar-refractivity contribution in [3.63, 3.8) is 0 Å².